The molecule has 2 unspecified atom stereocenters. The summed E-state index contributed by atoms with van der Waals surface area (Å²) in [6, 6.07) is 26.4. The Morgan fingerprint density at radius 3 is 1.38 bits per heavy atom. The van der Waals surface area contributed by atoms with Gasteiger partial charge in [0.2, 0.25) is 0 Å². The van der Waals surface area contributed by atoms with Crippen LogP contribution in [-0.2, 0) is 54.6 Å². The molecule has 2 aliphatic heterocycles. The topological polar surface area (TPSA) is 143 Å². The van der Waals surface area contributed by atoms with Crippen LogP contribution in [0.4, 0.5) is 18.4 Å². The largest absolute Gasteiger partial charge is 0.461 e. The van der Waals surface area contributed by atoms with Crippen LogP contribution in [0.15, 0.2) is 97.1 Å². The molecule has 2 saturated heterocycles. The second-order valence-electron chi connectivity index (χ2n) is 15.4. The Balaban J connectivity index is 1.17. The number of nitrogens with one attached hydrogen (secondary N) is 2. The molecule has 2 N–H and O–H groups in total. The van der Waals surface area contributed by atoms with Crippen molar-refractivity contribution < 1.29 is 46.9 Å². The molecule has 4 heterocycles. The van der Waals surface area contributed by atoms with Crippen LogP contribution >= 0.6 is 0 Å². The SMILES string of the molecule is CC(=O)OC1C[C@@H](Cc2c(-c3[nH]c4cc(F)ccc4c3C[C@@H]3CC(OC(C)=O)CN3C(=O)OCc3ccccc3)[nH]c3cc(F)ccc23)N(C(=O)OCc2ccccc2)C1. The molecule has 60 heavy (non-hydrogen) atoms. The maximum atomic E-state index is 14.9. The zero-order valence-electron chi connectivity index (χ0n) is 33.1. The molecule has 0 bridgehead atoms. The number of amides is 2. The molecule has 0 saturated carbocycles. The molecule has 12 nitrogen and oxygen atoms in total. The number of nitrogens with zero attached hydrogens (tertiary/aromatic N) is 2. The van der Waals surface area contributed by atoms with E-state index >= 15 is 0 Å². The number of rotatable bonds is 11. The average molecular weight is 819 g/mol. The fraction of sp³-hybridized carbons (Fsp3) is 0.304. The number of hydrogen-bond acceptors (Lipinski definition) is 8. The minimum Gasteiger partial charge on any atom is -0.461 e. The van der Waals surface area contributed by atoms with Crippen LogP contribution in [0.3, 0.4) is 0 Å². The molecule has 310 valence electrons. The average Bonchev–Trinajstić information content (AvgIpc) is 3.99. The minimum absolute atomic E-state index is 0.0457. The van der Waals surface area contributed by atoms with Crippen molar-refractivity contribution in [3.05, 3.63) is 131 Å². The van der Waals surface area contributed by atoms with E-state index in [0.717, 1.165) is 22.3 Å². The number of carbonyl (C=O) groups excluding carboxylic acids is 4. The number of aromatic nitrogens is 2. The predicted molar refractivity (Wildman–Crippen MR) is 217 cm³/mol. The molecule has 0 spiro atoms. The number of H-pyrrole nitrogens is 2. The zero-order valence-corrected chi connectivity index (χ0v) is 33.1. The molecule has 0 radical (unpaired) electrons. The van der Waals surface area contributed by atoms with Gasteiger partial charge in [0, 0.05) is 60.6 Å². The molecule has 8 rings (SSSR count). The quantitative estimate of drug-likeness (QED) is 0.0981. The van der Waals surface area contributed by atoms with Crippen molar-refractivity contribution in [3.8, 4) is 11.4 Å². The predicted octanol–water partition coefficient (Wildman–Crippen LogP) is 8.37. The number of ether oxygens (including phenoxy) is 4. The highest BCUT2D eigenvalue weighted by Crippen LogP contribution is 2.40. The van der Waals surface area contributed by atoms with Crippen molar-refractivity contribution in [2.75, 3.05) is 13.1 Å². The van der Waals surface area contributed by atoms with E-state index in [4.69, 9.17) is 18.9 Å². The monoisotopic (exact) mass is 818 g/mol. The van der Waals surface area contributed by atoms with E-state index in [1.807, 2.05) is 60.7 Å². The fourth-order valence-corrected chi connectivity index (χ4v) is 8.60. The summed E-state index contributed by atoms with van der Waals surface area (Å²) in [6.07, 6.45) is -1.19. The van der Waals surface area contributed by atoms with Crippen molar-refractivity contribution in [2.24, 2.45) is 0 Å². The Kier molecular flexibility index (Phi) is 11.5. The van der Waals surface area contributed by atoms with Gasteiger partial charge in [0.15, 0.2) is 0 Å². The summed E-state index contributed by atoms with van der Waals surface area (Å²) in [5.74, 6) is -1.88. The number of esters is 2. The number of likely N-dealkylation sites (tertiary alicyclic amines) is 2. The van der Waals surface area contributed by atoms with Gasteiger partial charge in [0.1, 0.15) is 37.1 Å². The van der Waals surface area contributed by atoms with Gasteiger partial charge in [0.25, 0.3) is 0 Å². The highest BCUT2D eigenvalue weighted by molar-refractivity contribution is 5.96. The van der Waals surface area contributed by atoms with Gasteiger partial charge in [-0.1, -0.05) is 60.7 Å². The van der Waals surface area contributed by atoms with Crippen molar-refractivity contribution >= 4 is 45.9 Å². The Bertz CT molecular complexity index is 2370. The number of fused-ring (bicyclic) bond motifs is 2. The molecular weight excluding hydrogens is 775 g/mol. The lowest BCUT2D eigenvalue weighted by Crippen LogP contribution is -2.38. The fourth-order valence-electron chi connectivity index (χ4n) is 8.60. The highest BCUT2D eigenvalue weighted by Gasteiger charge is 2.41. The standard InChI is InChI=1S/C46H44F2N4O8/c1-27(53)59-35-19-33(51(23-35)45(55)57-25-29-9-5-3-6-10-29)21-39-37-15-13-31(47)17-41(37)49-43(39)44-40(38-16-14-32(48)18-42(38)50-44)22-34-20-36(60-28(2)54)24-52(34)46(56)58-26-30-11-7-4-8-12-30/h3-18,33-36,49-50H,19-26H2,1-2H3/t33-,34-,35?,36?/m0/s1. The first-order valence-corrected chi connectivity index (χ1v) is 19.9. The molecule has 14 heteroatoms. The molecule has 2 fully saturated rings. The number of benzene rings is 4. The number of aromatic amines is 2. The third kappa shape index (κ3) is 8.82. The summed E-state index contributed by atoms with van der Waals surface area (Å²) in [4.78, 5) is 61.7. The lowest BCUT2D eigenvalue weighted by molar-refractivity contribution is -0.146. The summed E-state index contributed by atoms with van der Waals surface area (Å²) in [5, 5.41) is 1.38. The lowest BCUT2D eigenvalue weighted by Gasteiger charge is -2.25. The van der Waals surface area contributed by atoms with Crippen LogP contribution in [0.1, 0.15) is 48.9 Å². The molecule has 2 amide bonds. The van der Waals surface area contributed by atoms with Gasteiger partial charge in [-0.15, -0.1) is 0 Å². The van der Waals surface area contributed by atoms with Gasteiger partial charge in [-0.25, -0.2) is 18.4 Å². The number of halogens is 2. The number of carbonyl (C=O) groups is 4. The summed E-state index contributed by atoms with van der Waals surface area (Å²) >= 11 is 0. The molecule has 0 aliphatic carbocycles. The summed E-state index contributed by atoms with van der Waals surface area (Å²) in [6.45, 7) is 2.96. The zero-order chi connectivity index (χ0) is 41.9. The van der Waals surface area contributed by atoms with Crippen molar-refractivity contribution in [3.63, 3.8) is 0 Å². The molecule has 6 aromatic rings. The van der Waals surface area contributed by atoms with E-state index in [2.05, 4.69) is 9.97 Å². The second-order valence-corrected chi connectivity index (χ2v) is 15.4. The Labute approximate surface area is 344 Å². The van der Waals surface area contributed by atoms with E-state index < -0.39 is 60.1 Å². The highest BCUT2D eigenvalue weighted by atomic mass is 19.1. The molecule has 4 aromatic carbocycles. The van der Waals surface area contributed by atoms with Gasteiger partial charge in [-0.05, 0) is 71.5 Å². The summed E-state index contributed by atoms with van der Waals surface area (Å²) in [5.41, 5.74) is 5.22. The first kappa shape index (κ1) is 40.1. The molecule has 2 aromatic heterocycles. The first-order valence-electron chi connectivity index (χ1n) is 19.9. The number of hydrogen-bond donors (Lipinski definition) is 2. The van der Waals surface area contributed by atoms with Crippen molar-refractivity contribution in [1.82, 2.24) is 19.8 Å². The Morgan fingerprint density at radius 2 is 1.00 bits per heavy atom. The van der Waals surface area contributed by atoms with Crippen LogP contribution in [-0.4, -0.2) is 81.3 Å². The third-order valence-electron chi connectivity index (χ3n) is 11.2. The lowest BCUT2D eigenvalue weighted by atomic mass is 9.95. The summed E-state index contributed by atoms with van der Waals surface area (Å²) < 4.78 is 52.4. The van der Waals surface area contributed by atoms with Crippen LogP contribution in [0.2, 0.25) is 0 Å². The van der Waals surface area contributed by atoms with E-state index in [1.54, 1.807) is 21.9 Å². The van der Waals surface area contributed by atoms with Gasteiger partial charge < -0.3 is 38.7 Å². The van der Waals surface area contributed by atoms with Gasteiger partial charge in [-0.3, -0.25) is 9.59 Å². The van der Waals surface area contributed by atoms with Gasteiger partial charge in [-0.2, -0.15) is 0 Å². The van der Waals surface area contributed by atoms with Gasteiger partial charge in [0.05, 0.1) is 24.5 Å². The Hall–Kier alpha value is -6.70. The van der Waals surface area contributed by atoms with E-state index in [1.165, 1.54) is 38.1 Å². The van der Waals surface area contributed by atoms with Crippen LogP contribution in [0.5, 0.6) is 0 Å². The minimum atomic E-state index is -0.588. The van der Waals surface area contributed by atoms with Gasteiger partial charge >= 0.3 is 24.1 Å². The maximum absolute atomic E-state index is 14.9. The van der Waals surface area contributed by atoms with E-state index in [-0.39, 0.29) is 39.1 Å². The molecular formula is C46H44F2N4O8. The maximum Gasteiger partial charge on any atom is 0.410 e. The van der Waals surface area contributed by atoms with E-state index in [0.29, 0.717) is 46.0 Å². The second kappa shape index (κ2) is 17.3. The Morgan fingerprint density at radius 1 is 0.600 bits per heavy atom. The smallest absolute Gasteiger partial charge is 0.410 e. The van der Waals surface area contributed by atoms with Crippen molar-refractivity contribution in [1.29, 1.82) is 0 Å². The van der Waals surface area contributed by atoms with Crippen LogP contribution in [0.25, 0.3) is 33.2 Å². The van der Waals surface area contributed by atoms with Crippen LogP contribution in [0, 0.1) is 11.6 Å². The normalized spacial score (nSPS) is 18.9. The van der Waals surface area contributed by atoms with Crippen molar-refractivity contribution in [2.45, 2.75) is 77.0 Å². The first-order chi connectivity index (χ1) is 29.0. The molecule has 2 aliphatic rings. The summed E-state index contributed by atoms with van der Waals surface area (Å²) in [7, 11) is 0. The van der Waals surface area contributed by atoms with Crippen LogP contribution < -0.4 is 0 Å². The third-order valence-corrected chi connectivity index (χ3v) is 11.2. The molecule has 4 atom stereocenters. The van der Waals surface area contributed by atoms with E-state index in [9.17, 15) is 28.0 Å².